The number of thiophene rings is 1. The summed E-state index contributed by atoms with van der Waals surface area (Å²) in [5, 5.41) is 10.6. The zero-order valence-corrected chi connectivity index (χ0v) is 23.4. The average molecular weight is 582 g/mol. The van der Waals surface area contributed by atoms with Gasteiger partial charge < -0.3 is 4.74 Å². The van der Waals surface area contributed by atoms with Crippen LogP contribution in [0, 0.1) is 12.8 Å². The molecule has 6 rings (SSSR count). The van der Waals surface area contributed by atoms with E-state index in [4.69, 9.17) is 4.74 Å². The number of ether oxygens (including phenoxy) is 1. The molecule has 0 radical (unpaired) electrons. The molecule has 4 heterocycles. The lowest BCUT2D eigenvalue weighted by Gasteiger charge is -2.26. The van der Waals surface area contributed by atoms with Gasteiger partial charge in [0.05, 0.1) is 23.8 Å². The molecule has 0 aliphatic carbocycles. The zero-order valence-electron chi connectivity index (χ0n) is 20.2. The quantitative estimate of drug-likeness (QED) is 0.220. The Balaban J connectivity index is 1.57. The number of hydrogen-bond acceptors (Lipinski definition) is 6. The second-order valence-electron chi connectivity index (χ2n) is 9.49. The van der Waals surface area contributed by atoms with Gasteiger partial charge in [0.15, 0.2) is 5.16 Å². The van der Waals surface area contributed by atoms with Gasteiger partial charge in [0.2, 0.25) is 5.78 Å². The summed E-state index contributed by atoms with van der Waals surface area (Å²) in [4.78, 5) is 16.1. The van der Waals surface area contributed by atoms with Crippen LogP contribution in [0.3, 0.4) is 0 Å². The Kier molecular flexibility index (Phi) is 6.27. The topological polar surface area (TPSA) is 61.4 Å². The third kappa shape index (κ3) is 4.12. The maximum absolute atomic E-state index is 14.1. The van der Waals surface area contributed by atoms with Crippen LogP contribution in [-0.2, 0) is 23.5 Å². The van der Waals surface area contributed by atoms with Crippen molar-refractivity contribution in [1.82, 2.24) is 19.2 Å². The molecule has 5 aromatic rings. The van der Waals surface area contributed by atoms with Crippen molar-refractivity contribution >= 4 is 55.0 Å². The maximum atomic E-state index is 14.1. The van der Waals surface area contributed by atoms with Crippen molar-refractivity contribution in [2.24, 2.45) is 5.92 Å². The maximum Gasteiger partial charge on any atom is 0.268 e. The molecule has 0 saturated heterocycles. The Morgan fingerprint density at radius 2 is 1.89 bits per heavy atom. The van der Waals surface area contributed by atoms with Crippen molar-refractivity contribution in [3.8, 4) is 5.69 Å². The van der Waals surface area contributed by atoms with Crippen molar-refractivity contribution in [2.75, 3.05) is 0 Å². The van der Waals surface area contributed by atoms with Gasteiger partial charge >= 0.3 is 0 Å². The van der Waals surface area contributed by atoms with E-state index in [0.29, 0.717) is 18.3 Å². The van der Waals surface area contributed by atoms with E-state index in [-0.39, 0.29) is 11.7 Å². The fourth-order valence-corrected chi connectivity index (χ4v) is 7.07. The molecular formula is C27H25BrN4O2S2. The van der Waals surface area contributed by atoms with Gasteiger partial charge in [0, 0.05) is 21.5 Å². The van der Waals surface area contributed by atoms with Gasteiger partial charge in [-0.05, 0) is 48.2 Å². The molecule has 184 valence electrons. The monoisotopic (exact) mass is 580 g/mol. The molecule has 0 saturated carbocycles. The number of thioether (sulfide) groups is 1. The van der Waals surface area contributed by atoms with Crippen LogP contribution in [0.2, 0.25) is 0 Å². The highest BCUT2D eigenvalue weighted by Crippen LogP contribution is 2.38. The van der Waals surface area contributed by atoms with Gasteiger partial charge in [-0.1, -0.05) is 71.4 Å². The van der Waals surface area contributed by atoms with Crippen LogP contribution in [0.4, 0.5) is 0 Å². The van der Waals surface area contributed by atoms with Crippen LogP contribution in [0.5, 0.6) is 0 Å². The van der Waals surface area contributed by atoms with Gasteiger partial charge in [0.1, 0.15) is 4.83 Å². The summed E-state index contributed by atoms with van der Waals surface area (Å²) >= 11 is 6.76. The van der Waals surface area contributed by atoms with Gasteiger partial charge in [-0.25, -0.2) is 8.97 Å². The van der Waals surface area contributed by atoms with Crippen LogP contribution >= 0.6 is 39.0 Å². The number of aromatic nitrogens is 4. The minimum absolute atomic E-state index is 0.0416. The number of hydrogen-bond donors (Lipinski definition) is 0. The molecule has 36 heavy (non-hydrogen) atoms. The predicted octanol–water partition coefficient (Wildman–Crippen LogP) is 6.56. The number of rotatable bonds is 5. The molecular weight excluding hydrogens is 556 g/mol. The summed E-state index contributed by atoms with van der Waals surface area (Å²) in [5.41, 5.74) is 4.20. The highest BCUT2D eigenvalue weighted by molar-refractivity contribution is 9.10. The molecule has 3 aromatic heterocycles. The molecule has 9 heteroatoms. The first-order chi connectivity index (χ1) is 17.4. The molecule has 0 fully saturated rings. The van der Waals surface area contributed by atoms with E-state index in [2.05, 4.69) is 56.5 Å². The van der Waals surface area contributed by atoms with Crippen molar-refractivity contribution in [3.05, 3.63) is 84.9 Å². The molecule has 0 amide bonds. The molecule has 0 spiro atoms. The first-order valence-corrected chi connectivity index (χ1v) is 14.5. The van der Waals surface area contributed by atoms with Gasteiger partial charge in [0.25, 0.3) is 5.56 Å². The number of aryl methyl sites for hydroxylation is 1. The largest absolute Gasteiger partial charge is 0.372 e. The Morgan fingerprint density at radius 3 is 2.61 bits per heavy atom. The second-order valence-corrected chi connectivity index (χ2v) is 12.4. The molecule has 6 nitrogen and oxygen atoms in total. The van der Waals surface area contributed by atoms with E-state index in [1.54, 1.807) is 27.7 Å². The van der Waals surface area contributed by atoms with Crippen LogP contribution < -0.4 is 5.56 Å². The van der Waals surface area contributed by atoms with E-state index < -0.39 is 0 Å². The molecule has 0 N–H and O–H groups in total. The highest BCUT2D eigenvalue weighted by atomic mass is 79.9. The van der Waals surface area contributed by atoms with E-state index in [9.17, 15) is 4.79 Å². The van der Waals surface area contributed by atoms with Gasteiger partial charge in [-0.2, -0.15) is 0 Å². The second kappa shape index (κ2) is 9.45. The van der Waals surface area contributed by atoms with E-state index in [1.807, 2.05) is 43.3 Å². The van der Waals surface area contributed by atoms with Gasteiger partial charge in [-0.3, -0.25) is 4.79 Å². The van der Waals surface area contributed by atoms with Crippen LogP contribution in [-0.4, -0.2) is 25.3 Å². The first kappa shape index (κ1) is 23.9. The van der Waals surface area contributed by atoms with Crippen molar-refractivity contribution in [1.29, 1.82) is 0 Å². The number of benzene rings is 2. The third-order valence-corrected chi connectivity index (χ3v) is 9.38. The number of halogens is 1. The minimum Gasteiger partial charge on any atom is -0.372 e. The third-order valence-electron chi connectivity index (χ3n) is 6.66. The fraction of sp³-hybridized carbons (Fsp3) is 0.296. The van der Waals surface area contributed by atoms with Gasteiger partial charge in [-0.15, -0.1) is 21.5 Å². The molecule has 2 aromatic carbocycles. The number of nitrogens with zero attached hydrogens (tertiary/aromatic N) is 4. The van der Waals surface area contributed by atoms with E-state index in [1.165, 1.54) is 5.56 Å². The summed E-state index contributed by atoms with van der Waals surface area (Å²) < 4.78 is 11.0. The molecule has 0 unspecified atom stereocenters. The lowest BCUT2D eigenvalue weighted by molar-refractivity contribution is 0.00200. The predicted molar refractivity (Wildman–Crippen MR) is 150 cm³/mol. The summed E-state index contributed by atoms with van der Waals surface area (Å²) in [5.74, 6) is 1.67. The summed E-state index contributed by atoms with van der Waals surface area (Å²) in [6, 6.07) is 16.3. The molecule has 1 atom stereocenters. The average Bonchev–Trinajstić information content (AvgIpc) is 3.46. The van der Waals surface area contributed by atoms with Crippen molar-refractivity contribution < 1.29 is 4.74 Å². The smallest absolute Gasteiger partial charge is 0.268 e. The first-order valence-electron chi connectivity index (χ1n) is 11.9. The summed E-state index contributed by atoms with van der Waals surface area (Å²) in [6.45, 7) is 6.92. The lowest BCUT2D eigenvalue weighted by atomic mass is 9.96. The zero-order chi connectivity index (χ0) is 25.0. The Bertz CT molecular complexity index is 1640. The lowest BCUT2D eigenvalue weighted by Crippen LogP contribution is -2.28. The standard InChI is InChI=1S/C27H25BrN4O2S2/c1-15(2)21-12-20-22(13-34-21)36-25-23(20)24(33)31(19-10-4-16(3)5-11-19)26-29-30-27(32(25)26)35-14-17-6-8-18(28)9-7-17/h4-11,15,21H,12-14H2,1-3H3/t21-/m0/s1. The molecule has 1 aliphatic heterocycles. The van der Waals surface area contributed by atoms with Crippen LogP contribution in [0.25, 0.3) is 21.7 Å². The van der Waals surface area contributed by atoms with Crippen molar-refractivity contribution in [2.45, 2.75) is 50.8 Å². The number of fused-ring (bicyclic) bond motifs is 5. The Morgan fingerprint density at radius 1 is 1.14 bits per heavy atom. The summed E-state index contributed by atoms with van der Waals surface area (Å²) in [7, 11) is 0. The van der Waals surface area contributed by atoms with E-state index >= 15 is 0 Å². The van der Waals surface area contributed by atoms with E-state index in [0.717, 1.165) is 53.7 Å². The normalized spacial score (nSPS) is 15.8. The van der Waals surface area contributed by atoms with Crippen molar-refractivity contribution in [3.63, 3.8) is 0 Å². The fourth-order valence-electron chi connectivity index (χ4n) is 4.62. The Hall–Kier alpha value is -2.46. The molecule has 0 bridgehead atoms. The van der Waals surface area contributed by atoms with Crippen LogP contribution in [0.1, 0.15) is 35.4 Å². The molecule has 1 aliphatic rings. The highest BCUT2D eigenvalue weighted by Gasteiger charge is 2.30. The van der Waals surface area contributed by atoms with Crippen LogP contribution in [0.15, 0.2) is 63.0 Å². The minimum atomic E-state index is -0.0416. The Labute approximate surface area is 225 Å². The summed E-state index contributed by atoms with van der Waals surface area (Å²) in [6.07, 6.45) is 0.843. The SMILES string of the molecule is Cc1ccc(-n2c(=O)c3c4c(sc3n3c(SCc5ccc(Br)cc5)nnc23)CO[C@H](C(C)C)C4)cc1.